The molecule has 0 aromatic heterocycles. The third kappa shape index (κ3) is 4.31. The zero-order chi connectivity index (χ0) is 18.5. The predicted molar refractivity (Wildman–Crippen MR) is 104 cm³/mol. The molecule has 3 rings (SSSR count). The summed E-state index contributed by atoms with van der Waals surface area (Å²) >= 11 is 0. The summed E-state index contributed by atoms with van der Waals surface area (Å²) in [6.07, 6.45) is 3.57. The summed E-state index contributed by atoms with van der Waals surface area (Å²) in [6, 6.07) is 13.3. The quantitative estimate of drug-likeness (QED) is 0.902. The third-order valence-electron chi connectivity index (χ3n) is 5.01. The summed E-state index contributed by atoms with van der Waals surface area (Å²) < 4.78 is 0. The number of aryl methyl sites for hydroxylation is 2. The van der Waals surface area contributed by atoms with E-state index in [1.54, 1.807) is 12.1 Å². The fraction of sp³-hybridized carbons (Fsp3) is 0.364. The monoisotopic (exact) mass is 350 g/mol. The van der Waals surface area contributed by atoms with Crippen LogP contribution >= 0.6 is 0 Å². The summed E-state index contributed by atoms with van der Waals surface area (Å²) in [7, 11) is 0. The number of hydrogen-bond donors (Lipinski definition) is 1. The molecular formula is C22H26N2O2. The van der Waals surface area contributed by atoms with Crippen molar-refractivity contribution in [3.05, 3.63) is 64.7 Å². The lowest BCUT2D eigenvalue weighted by molar-refractivity contribution is -0.115. The van der Waals surface area contributed by atoms with E-state index in [1.165, 1.54) is 17.5 Å². The molecule has 2 amide bonds. The Hall–Kier alpha value is -2.62. The molecule has 1 aliphatic heterocycles. The Morgan fingerprint density at radius 3 is 2.42 bits per heavy atom. The summed E-state index contributed by atoms with van der Waals surface area (Å²) in [4.78, 5) is 27.2. The van der Waals surface area contributed by atoms with Crippen LogP contribution in [0.1, 0.15) is 46.3 Å². The van der Waals surface area contributed by atoms with Gasteiger partial charge < -0.3 is 10.2 Å². The molecule has 0 unspecified atom stereocenters. The first kappa shape index (κ1) is 18.2. The lowest BCUT2D eigenvalue weighted by Gasteiger charge is -2.27. The second-order valence-electron chi connectivity index (χ2n) is 7.04. The van der Waals surface area contributed by atoms with Gasteiger partial charge in [-0.1, -0.05) is 30.3 Å². The Bertz CT molecular complexity index is 808. The van der Waals surface area contributed by atoms with Gasteiger partial charge in [-0.05, 0) is 61.9 Å². The van der Waals surface area contributed by atoms with Crippen molar-refractivity contribution in [2.75, 3.05) is 18.4 Å². The molecule has 136 valence electrons. The van der Waals surface area contributed by atoms with E-state index in [2.05, 4.69) is 12.2 Å². The van der Waals surface area contributed by atoms with E-state index in [9.17, 15) is 9.59 Å². The molecule has 1 fully saturated rings. The van der Waals surface area contributed by atoms with Gasteiger partial charge in [0, 0.05) is 13.1 Å². The number of carbonyl (C=O) groups is 2. The molecule has 1 N–H and O–H groups in total. The number of nitrogens with one attached hydrogen (secondary N) is 1. The van der Waals surface area contributed by atoms with Crippen LogP contribution < -0.4 is 5.32 Å². The third-order valence-corrected chi connectivity index (χ3v) is 5.01. The van der Waals surface area contributed by atoms with Crippen LogP contribution in [0.4, 0.5) is 5.69 Å². The lowest BCUT2D eigenvalue weighted by Crippen LogP contribution is -2.36. The van der Waals surface area contributed by atoms with E-state index in [-0.39, 0.29) is 11.8 Å². The summed E-state index contributed by atoms with van der Waals surface area (Å²) in [5.74, 6) is -0.0982. The number of nitrogens with zero attached hydrogens (tertiary/aromatic N) is 1. The van der Waals surface area contributed by atoms with E-state index in [0.29, 0.717) is 17.7 Å². The highest BCUT2D eigenvalue weighted by atomic mass is 16.2. The number of hydrogen-bond acceptors (Lipinski definition) is 2. The molecule has 1 aliphatic rings. The van der Waals surface area contributed by atoms with E-state index in [4.69, 9.17) is 0 Å². The molecule has 0 radical (unpaired) electrons. The molecule has 0 bridgehead atoms. The highest BCUT2D eigenvalue weighted by Crippen LogP contribution is 2.20. The van der Waals surface area contributed by atoms with E-state index in [0.717, 1.165) is 31.5 Å². The SMILES string of the molecule is Cc1ccc(CC(=O)Nc2ccccc2C(=O)N2CCCCC2)cc1C. The Balaban J connectivity index is 1.72. The zero-order valence-electron chi connectivity index (χ0n) is 15.5. The van der Waals surface area contributed by atoms with Gasteiger partial charge in [0.05, 0.1) is 17.7 Å². The first-order valence-corrected chi connectivity index (χ1v) is 9.29. The minimum Gasteiger partial charge on any atom is -0.339 e. The molecular weight excluding hydrogens is 324 g/mol. The average molecular weight is 350 g/mol. The number of benzene rings is 2. The molecule has 0 saturated carbocycles. The summed E-state index contributed by atoms with van der Waals surface area (Å²) in [6.45, 7) is 5.69. The highest BCUT2D eigenvalue weighted by Gasteiger charge is 2.21. The molecule has 1 heterocycles. The van der Waals surface area contributed by atoms with Crippen molar-refractivity contribution in [3.63, 3.8) is 0 Å². The maximum absolute atomic E-state index is 12.8. The van der Waals surface area contributed by atoms with Crippen molar-refractivity contribution in [2.45, 2.75) is 39.5 Å². The first-order valence-electron chi connectivity index (χ1n) is 9.29. The molecule has 0 spiro atoms. The molecule has 1 saturated heterocycles. The van der Waals surface area contributed by atoms with Crippen molar-refractivity contribution in [3.8, 4) is 0 Å². The molecule has 0 aliphatic carbocycles. The number of rotatable bonds is 4. The van der Waals surface area contributed by atoms with E-state index < -0.39 is 0 Å². The Morgan fingerprint density at radius 1 is 0.962 bits per heavy atom. The molecule has 2 aromatic carbocycles. The lowest BCUT2D eigenvalue weighted by atomic mass is 10.0. The Morgan fingerprint density at radius 2 is 1.69 bits per heavy atom. The van der Waals surface area contributed by atoms with Gasteiger partial charge in [0.15, 0.2) is 0 Å². The van der Waals surface area contributed by atoms with Gasteiger partial charge in [0.1, 0.15) is 0 Å². The van der Waals surface area contributed by atoms with Crippen LogP contribution in [0.15, 0.2) is 42.5 Å². The topological polar surface area (TPSA) is 49.4 Å². The van der Waals surface area contributed by atoms with Gasteiger partial charge in [-0.25, -0.2) is 0 Å². The van der Waals surface area contributed by atoms with Crippen molar-refractivity contribution < 1.29 is 9.59 Å². The number of likely N-dealkylation sites (tertiary alicyclic amines) is 1. The van der Waals surface area contributed by atoms with Crippen LogP contribution in [-0.4, -0.2) is 29.8 Å². The second kappa shape index (κ2) is 8.17. The first-order chi connectivity index (χ1) is 12.5. The normalized spacial score (nSPS) is 14.2. The number of para-hydroxylation sites is 1. The smallest absolute Gasteiger partial charge is 0.255 e. The molecule has 0 atom stereocenters. The van der Waals surface area contributed by atoms with Crippen molar-refractivity contribution >= 4 is 17.5 Å². The number of carbonyl (C=O) groups excluding carboxylic acids is 2. The van der Waals surface area contributed by atoms with E-state index in [1.807, 2.05) is 42.2 Å². The van der Waals surface area contributed by atoms with Crippen molar-refractivity contribution in [2.24, 2.45) is 0 Å². The maximum Gasteiger partial charge on any atom is 0.255 e. The minimum absolute atomic E-state index is 0.00628. The van der Waals surface area contributed by atoms with Crippen LogP contribution in [0, 0.1) is 13.8 Å². The number of amides is 2. The average Bonchev–Trinajstić information content (AvgIpc) is 2.65. The van der Waals surface area contributed by atoms with E-state index >= 15 is 0 Å². The minimum atomic E-state index is -0.104. The van der Waals surface area contributed by atoms with Crippen molar-refractivity contribution in [1.82, 2.24) is 4.90 Å². The fourth-order valence-electron chi connectivity index (χ4n) is 3.34. The highest BCUT2D eigenvalue weighted by molar-refractivity contribution is 6.04. The van der Waals surface area contributed by atoms with Gasteiger partial charge >= 0.3 is 0 Å². The van der Waals surface area contributed by atoms with Crippen LogP contribution in [0.3, 0.4) is 0 Å². The molecule has 2 aromatic rings. The standard InChI is InChI=1S/C22H26N2O2/c1-16-10-11-18(14-17(16)2)15-21(25)23-20-9-5-4-8-19(20)22(26)24-12-6-3-7-13-24/h4-5,8-11,14H,3,6-7,12-13,15H2,1-2H3,(H,23,25). The number of piperidine rings is 1. The molecule has 4 heteroatoms. The maximum atomic E-state index is 12.8. The van der Waals surface area contributed by atoms with Crippen LogP contribution in [0.25, 0.3) is 0 Å². The number of anilines is 1. The fourth-order valence-corrected chi connectivity index (χ4v) is 3.34. The van der Waals surface area contributed by atoms with Crippen LogP contribution in [-0.2, 0) is 11.2 Å². The van der Waals surface area contributed by atoms with Crippen molar-refractivity contribution in [1.29, 1.82) is 0 Å². The van der Waals surface area contributed by atoms with Gasteiger partial charge in [-0.15, -0.1) is 0 Å². The molecule has 26 heavy (non-hydrogen) atoms. The summed E-state index contributed by atoms with van der Waals surface area (Å²) in [5.41, 5.74) is 4.53. The van der Waals surface area contributed by atoms with Gasteiger partial charge in [0.25, 0.3) is 5.91 Å². The van der Waals surface area contributed by atoms with Gasteiger partial charge in [-0.2, -0.15) is 0 Å². The van der Waals surface area contributed by atoms with Gasteiger partial charge in [0.2, 0.25) is 5.91 Å². The zero-order valence-corrected chi connectivity index (χ0v) is 15.5. The molecule has 4 nitrogen and oxygen atoms in total. The largest absolute Gasteiger partial charge is 0.339 e. The predicted octanol–water partition coefficient (Wildman–Crippen LogP) is 4.11. The summed E-state index contributed by atoms with van der Waals surface area (Å²) in [5, 5.41) is 2.93. The van der Waals surface area contributed by atoms with Crippen LogP contribution in [0.2, 0.25) is 0 Å². The Kier molecular flexibility index (Phi) is 5.71. The second-order valence-corrected chi connectivity index (χ2v) is 7.04. The van der Waals surface area contributed by atoms with Gasteiger partial charge in [-0.3, -0.25) is 9.59 Å². The van der Waals surface area contributed by atoms with Crippen LogP contribution in [0.5, 0.6) is 0 Å². The Labute approximate surface area is 155 Å².